The van der Waals surface area contributed by atoms with E-state index in [1.54, 1.807) is 0 Å². The van der Waals surface area contributed by atoms with Crippen LogP contribution >= 0.6 is 0 Å². The van der Waals surface area contributed by atoms with Gasteiger partial charge in [0.15, 0.2) is 0 Å². The summed E-state index contributed by atoms with van der Waals surface area (Å²) in [5.41, 5.74) is 3.89. The number of rotatable bonds is 3. The van der Waals surface area contributed by atoms with Gasteiger partial charge in [0.1, 0.15) is 0 Å². The van der Waals surface area contributed by atoms with Crippen LogP contribution in [0.15, 0.2) is 24.3 Å². The average molecular weight is 249 g/mol. The Hall–Kier alpha value is -1.75. The van der Waals surface area contributed by atoms with Gasteiger partial charge in [-0.05, 0) is 12.1 Å². The van der Waals surface area contributed by atoms with Crippen molar-refractivity contribution in [2.45, 2.75) is 13.3 Å². The highest BCUT2D eigenvalue weighted by molar-refractivity contribution is 5.76. The van der Waals surface area contributed by atoms with Crippen LogP contribution in [0.2, 0.25) is 0 Å². The van der Waals surface area contributed by atoms with Crippen molar-refractivity contribution < 1.29 is 10.0 Å². The number of piperazine rings is 1. The van der Waals surface area contributed by atoms with E-state index in [1.807, 2.05) is 36.1 Å². The van der Waals surface area contributed by atoms with Crippen molar-refractivity contribution >= 4 is 17.3 Å². The Labute approximate surface area is 107 Å². The third kappa shape index (κ3) is 2.56. The minimum atomic E-state index is 0.211. The second kappa shape index (κ2) is 5.73. The molecule has 18 heavy (non-hydrogen) atoms. The zero-order chi connectivity index (χ0) is 13.0. The van der Waals surface area contributed by atoms with E-state index in [0.29, 0.717) is 12.1 Å². The van der Waals surface area contributed by atoms with Gasteiger partial charge < -0.3 is 9.80 Å². The number of carbonyl (C=O) groups excluding carboxylic acids is 1. The highest BCUT2D eigenvalue weighted by Crippen LogP contribution is 2.25. The SMILES string of the molecule is CCC(=O)N1CCN(c2ccccc2NO)CC1. The lowest BCUT2D eigenvalue weighted by Crippen LogP contribution is -2.48. The van der Waals surface area contributed by atoms with Gasteiger partial charge in [-0.25, -0.2) is 0 Å². The van der Waals surface area contributed by atoms with Gasteiger partial charge in [0, 0.05) is 32.6 Å². The fourth-order valence-corrected chi connectivity index (χ4v) is 2.26. The molecule has 2 N–H and O–H groups in total. The molecule has 1 saturated heterocycles. The van der Waals surface area contributed by atoms with E-state index in [4.69, 9.17) is 5.21 Å². The molecule has 0 saturated carbocycles. The minimum Gasteiger partial charge on any atom is -0.366 e. The Morgan fingerprint density at radius 2 is 1.94 bits per heavy atom. The van der Waals surface area contributed by atoms with Crippen molar-refractivity contribution in [2.75, 3.05) is 36.6 Å². The van der Waals surface area contributed by atoms with E-state index in [9.17, 15) is 4.79 Å². The molecule has 1 aromatic carbocycles. The Bertz CT molecular complexity index is 414. The summed E-state index contributed by atoms with van der Waals surface area (Å²) in [6, 6.07) is 7.62. The molecule has 1 amide bonds. The predicted octanol–water partition coefficient (Wildman–Crippen LogP) is 1.55. The van der Waals surface area contributed by atoms with Gasteiger partial charge in [-0.15, -0.1) is 0 Å². The number of hydrogen-bond donors (Lipinski definition) is 2. The van der Waals surface area contributed by atoms with E-state index in [-0.39, 0.29) is 5.91 Å². The predicted molar refractivity (Wildman–Crippen MR) is 70.9 cm³/mol. The van der Waals surface area contributed by atoms with Crippen LogP contribution in [-0.4, -0.2) is 42.2 Å². The number of amides is 1. The lowest BCUT2D eigenvalue weighted by molar-refractivity contribution is -0.131. The van der Waals surface area contributed by atoms with Gasteiger partial charge in [-0.1, -0.05) is 19.1 Å². The molecule has 1 aliphatic rings. The van der Waals surface area contributed by atoms with Crippen LogP contribution < -0.4 is 10.4 Å². The van der Waals surface area contributed by atoms with Crippen LogP contribution in [0.25, 0.3) is 0 Å². The molecule has 1 heterocycles. The van der Waals surface area contributed by atoms with Gasteiger partial charge in [0.2, 0.25) is 5.91 Å². The highest BCUT2D eigenvalue weighted by Gasteiger charge is 2.21. The van der Waals surface area contributed by atoms with Crippen LogP contribution in [-0.2, 0) is 4.79 Å². The second-order valence-corrected chi connectivity index (χ2v) is 4.35. The normalized spacial score (nSPS) is 15.7. The number of benzene rings is 1. The molecule has 2 rings (SSSR count). The van der Waals surface area contributed by atoms with E-state index in [0.717, 1.165) is 31.9 Å². The number of hydrogen-bond acceptors (Lipinski definition) is 4. The first-order chi connectivity index (χ1) is 8.76. The summed E-state index contributed by atoms with van der Waals surface area (Å²) in [5, 5.41) is 9.09. The highest BCUT2D eigenvalue weighted by atomic mass is 16.5. The number of carbonyl (C=O) groups is 1. The Morgan fingerprint density at radius 3 is 2.56 bits per heavy atom. The molecule has 0 aromatic heterocycles. The fourth-order valence-electron chi connectivity index (χ4n) is 2.26. The van der Waals surface area contributed by atoms with Crippen LogP contribution in [0.1, 0.15) is 13.3 Å². The maximum absolute atomic E-state index is 11.6. The average Bonchev–Trinajstić information content (AvgIpc) is 2.46. The summed E-state index contributed by atoms with van der Waals surface area (Å²) < 4.78 is 0. The lowest BCUT2D eigenvalue weighted by Gasteiger charge is -2.36. The zero-order valence-corrected chi connectivity index (χ0v) is 10.6. The van der Waals surface area contributed by atoms with Crippen molar-refractivity contribution in [1.82, 2.24) is 4.90 Å². The molecular formula is C13H19N3O2. The molecule has 0 spiro atoms. The maximum atomic E-state index is 11.6. The Morgan fingerprint density at radius 1 is 1.28 bits per heavy atom. The first-order valence-electron chi connectivity index (χ1n) is 6.28. The molecule has 0 unspecified atom stereocenters. The molecule has 0 radical (unpaired) electrons. The topological polar surface area (TPSA) is 55.8 Å². The maximum Gasteiger partial charge on any atom is 0.222 e. The first-order valence-corrected chi connectivity index (χ1v) is 6.28. The summed E-state index contributed by atoms with van der Waals surface area (Å²) >= 11 is 0. The number of para-hydroxylation sites is 2. The second-order valence-electron chi connectivity index (χ2n) is 4.35. The fraction of sp³-hybridized carbons (Fsp3) is 0.462. The van der Waals surface area contributed by atoms with Crippen LogP contribution in [0.3, 0.4) is 0 Å². The van der Waals surface area contributed by atoms with Crippen LogP contribution in [0.5, 0.6) is 0 Å². The number of nitrogens with zero attached hydrogens (tertiary/aromatic N) is 2. The zero-order valence-electron chi connectivity index (χ0n) is 10.6. The van der Waals surface area contributed by atoms with E-state index >= 15 is 0 Å². The standard InChI is InChI=1S/C13H19N3O2/c1-2-13(17)16-9-7-15(8-10-16)12-6-4-3-5-11(12)14-18/h3-6,14,18H,2,7-10H2,1H3. The third-order valence-electron chi connectivity index (χ3n) is 3.30. The molecule has 1 aromatic rings. The van der Waals surface area contributed by atoms with Gasteiger partial charge in [-0.3, -0.25) is 15.5 Å². The summed E-state index contributed by atoms with van der Waals surface area (Å²) in [5.74, 6) is 0.211. The van der Waals surface area contributed by atoms with Gasteiger partial charge in [-0.2, -0.15) is 0 Å². The minimum absolute atomic E-state index is 0.211. The first kappa shape index (κ1) is 12.7. The molecule has 1 fully saturated rings. The van der Waals surface area contributed by atoms with E-state index in [2.05, 4.69) is 10.4 Å². The molecule has 1 aliphatic heterocycles. The monoisotopic (exact) mass is 249 g/mol. The van der Waals surface area contributed by atoms with Crippen molar-refractivity contribution in [3.8, 4) is 0 Å². The summed E-state index contributed by atoms with van der Waals surface area (Å²) in [7, 11) is 0. The molecule has 0 bridgehead atoms. The van der Waals surface area contributed by atoms with Crippen LogP contribution in [0, 0.1) is 0 Å². The summed E-state index contributed by atoms with van der Waals surface area (Å²) in [6.45, 7) is 4.97. The van der Waals surface area contributed by atoms with Gasteiger partial charge in [0.25, 0.3) is 0 Å². The van der Waals surface area contributed by atoms with Crippen molar-refractivity contribution in [3.63, 3.8) is 0 Å². The summed E-state index contributed by atoms with van der Waals surface area (Å²) in [6.07, 6.45) is 0.564. The van der Waals surface area contributed by atoms with Crippen molar-refractivity contribution in [3.05, 3.63) is 24.3 Å². The molecule has 0 aliphatic carbocycles. The smallest absolute Gasteiger partial charge is 0.222 e. The third-order valence-corrected chi connectivity index (χ3v) is 3.30. The number of nitrogens with one attached hydrogen (secondary N) is 1. The largest absolute Gasteiger partial charge is 0.366 e. The molecule has 98 valence electrons. The Kier molecular flexibility index (Phi) is 4.04. The van der Waals surface area contributed by atoms with Gasteiger partial charge >= 0.3 is 0 Å². The Balaban J connectivity index is 2.03. The quantitative estimate of drug-likeness (QED) is 0.798. The van der Waals surface area contributed by atoms with E-state index < -0.39 is 0 Å². The lowest BCUT2D eigenvalue weighted by atomic mass is 10.2. The van der Waals surface area contributed by atoms with Gasteiger partial charge in [0.05, 0.1) is 11.4 Å². The van der Waals surface area contributed by atoms with Crippen molar-refractivity contribution in [2.24, 2.45) is 0 Å². The van der Waals surface area contributed by atoms with E-state index in [1.165, 1.54) is 0 Å². The molecule has 0 atom stereocenters. The molecule has 5 nitrogen and oxygen atoms in total. The number of anilines is 2. The molecular weight excluding hydrogens is 230 g/mol. The van der Waals surface area contributed by atoms with Crippen molar-refractivity contribution in [1.29, 1.82) is 0 Å². The summed E-state index contributed by atoms with van der Waals surface area (Å²) in [4.78, 5) is 15.7. The molecule has 5 heteroatoms. The van der Waals surface area contributed by atoms with Crippen LogP contribution in [0.4, 0.5) is 11.4 Å².